The molecule has 0 heterocycles. The van der Waals surface area contributed by atoms with Gasteiger partial charge >= 0.3 is 0 Å². The summed E-state index contributed by atoms with van der Waals surface area (Å²) in [6.45, 7) is 0. The van der Waals surface area contributed by atoms with Gasteiger partial charge in [0.1, 0.15) is 11.5 Å². The minimum absolute atomic E-state index is 0.148. The molecule has 2 aromatic rings. The number of carbonyl (C=O) groups excluding carboxylic acids is 1. The molecule has 0 unspecified atom stereocenters. The second-order valence-electron chi connectivity index (χ2n) is 5.97. The third-order valence-electron chi connectivity index (χ3n) is 4.59. The molecule has 1 N–H and O–H groups in total. The van der Waals surface area contributed by atoms with E-state index in [1.165, 1.54) is 0 Å². The van der Waals surface area contributed by atoms with Crippen LogP contribution in [0.1, 0.15) is 35.2 Å². The van der Waals surface area contributed by atoms with Crippen molar-refractivity contribution in [1.29, 1.82) is 0 Å². The zero-order valence-electron chi connectivity index (χ0n) is 13.8. The van der Waals surface area contributed by atoms with Crippen LogP contribution in [0.4, 0.5) is 0 Å². The molecule has 0 saturated heterocycles. The summed E-state index contributed by atoms with van der Waals surface area (Å²) in [6, 6.07) is 13.4. The summed E-state index contributed by atoms with van der Waals surface area (Å²) in [4.78, 5) is 12.9. The first-order valence-electron chi connectivity index (χ1n) is 7.88. The Balaban J connectivity index is 1.91. The Kier molecular flexibility index (Phi) is 4.81. The van der Waals surface area contributed by atoms with Crippen LogP contribution < -0.4 is 14.8 Å². The maximum Gasteiger partial charge on any atom is 0.255 e. The minimum Gasteiger partial charge on any atom is -0.497 e. The summed E-state index contributed by atoms with van der Waals surface area (Å²) in [6.07, 6.45) is 2.96. The molecule has 0 spiro atoms. The number of hydrogen-bond donors (Lipinski definition) is 1. The van der Waals surface area contributed by atoms with Crippen LogP contribution >= 0.6 is 15.9 Å². The Bertz CT molecular complexity index is 756. The number of hydrogen-bond acceptors (Lipinski definition) is 3. The van der Waals surface area contributed by atoms with Crippen molar-refractivity contribution in [2.75, 3.05) is 14.2 Å². The lowest BCUT2D eigenvalue weighted by molar-refractivity contribution is 0.0820. The molecule has 1 amide bonds. The molecule has 5 heteroatoms. The standard InChI is InChI=1S/C19H20BrNO3/c1-23-15-7-8-17(24-2)16(12-15)18(22)21-19(9-4-10-19)13-5-3-6-14(20)11-13/h3,5-8,11-12H,4,9-10H2,1-2H3,(H,21,22). The lowest BCUT2D eigenvalue weighted by Gasteiger charge is -2.43. The van der Waals surface area contributed by atoms with E-state index in [0.717, 1.165) is 29.3 Å². The van der Waals surface area contributed by atoms with E-state index in [9.17, 15) is 4.79 Å². The average molecular weight is 390 g/mol. The van der Waals surface area contributed by atoms with Gasteiger partial charge in [-0.25, -0.2) is 0 Å². The van der Waals surface area contributed by atoms with E-state index in [1.807, 2.05) is 12.1 Å². The monoisotopic (exact) mass is 389 g/mol. The van der Waals surface area contributed by atoms with Gasteiger partial charge in [0.05, 0.1) is 25.3 Å². The van der Waals surface area contributed by atoms with Crippen molar-refractivity contribution in [3.63, 3.8) is 0 Å². The van der Waals surface area contributed by atoms with Crippen LogP contribution in [0.2, 0.25) is 0 Å². The first-order chi connectivity index (χ1) is 11.6. The van der Waals surface area contributed by atoms with E-state index in [0.29, 0.717) is 17.1 Å². The lowest BCUT2D eigenvalue weighted by atomic mass is 9.71. The summed E-state index contributed by atoms with van der Waals surface area (Å²) in [7, 11) is 3.14. The molecule has 2 aromatic carbocycles. The largest absolute Gasteiger partial charge is 0.497 e. The fraction of sp³-hybridized carbons (Fsp3) is 0.316. The lowest BCUT2D eigenvalue weighted by Crippen LogP contribution is -2.50. The molecule has 1 saturated carbocycles. The Morgan fingerprint density at radius 2 is 1.92 bits per heavy atom. The normalized spacial score (nSPS) is 15.3. The van der Waals surface area contributed by atoms with E-state index in [-0.39, 0.29) is 11.4 Å². The molecule has 1 aliphatic carbocycles. The third-order valence-corrected chi connectivity index (χ3v) is 5.08. The average Bonchev–Trinajstić information content (AvgIpc) is 2.57. The molecule has 0 aliphatic heterocycles. The van der Waals surface area contributed by atoms with Gasteiger partial charge < -0.3 is 14.8 Å². The van der Waals surface area contributed by atoms with Gasteiger partial charge in [0, 0.05) is 4.47 Å². The second kappa shape index (κ2) is 6.85. The predicted octanol–water partition coefficient (Wildman–Crippen LogP) is 4.28. The molecule has 1 fully saturated rings. The topological polar surface area (TPSA) is 47.6 Å². The maximum absolute atomic E-state index is 12.9. The molecule has 0 bridgehead atoms. The van der Waals surface area contributed by atoms with Crippen LogP contribution in [0.3, 0.4) is 0 Å². The fourth-order valence-corrected chi connectivity index (χ4v) is 3.48. The molecule has 0 atom stereocenters. The van der Waals surface area contributed by atoms with Crippen LogP contribution in [0, 0.1) is 0 Å². The van der Waals surface area contributed by atoms with Gasteiger partial charge in [0.15, 0.2) is 0 Å². The van der Waals surface area contributed by atoms with Crippen molar-refractivity contribution in [2.45, 2.75) is 24.8 Å². The van der Waals surface area contributed by atoms with Crippen molar-refractivity contribution in [3.8, 4) is 11.5 Å². The highest BCUT2D eigenvalue weighted by Crippen LogP contribution is 2.42. The molecule has 0 aromatic heterocycles. The zero-order chi connectivity index (χ0) is 17.2. The van der Waals surface area contributed by atoms with Crippen molar-refractivity contribution >= 4 is 21.8 Å². The minimum atomic E-state index is -0.311. The Labute approximate surface area is 150 Å². The van der Waals surface area contributed by atoms with Crippen molar-refractivity contribution in [1.82, 2.24) is 5.32 Å². The van der Waals surface area contributed by atoms with E-state index >= 15 is 0 Å². The maximum atomic E-state index is 12.9. The van der Waals surface area contributed by atoms with Crippen LogP contribution in [0.5, 0.6) is 11.5 Å². The number of nitrogens with one attached hydrogen (secondary N) is 1. The molecule has 126 valence electrons. The van der Waals surface area contributed by atoms with Gasteiger partial charge in [0.2, 0.25) is 0 Å². The van der Waals surface area contributed by atoms with E-state index < -0.39 is 0 Å². The smallest absolute Gasteiger partial charge is 0.255 e. The fourth-order valence-electron chi connectivity index (χ4n) is 3.08. The van der Waals surface area contributed by atoms with Gasteiger partial charge in [-0.05, 0) is 55.2 Å². The number of ether oxygens (including phenoxy) is 2. The Morgan fingerprint density at radius 3 is 2.50 bits per heavy atom. The molecular weight excluding hydrogens is 370 g/mol. The number of halogens is 1. The number of benzene rings is 2. The van der Waals surface area contributed by atoms with Crippen LogP contribution in [0.25, 0.3) is 0 Å². The quantitative estimate of drug-likeness (QED) is 0.829. The molecule has 4 nitrogen and oxygen atoms in total. The van der Waals surface area contributed by atoms with Gasteiger partial charge in [-0.3, -0.25) is 4.79 Å². The summed E-state index contributed by atoms with van der Waals surface area (Å²) in [5.74, 6) is 1.02. The van der Waals surface area contributed by atoms with Crippen molar-refractivity contribution < 1.29 is 14.3 Å². The number of methoxy groups -OCH3 is 2. The van der Waals surface area contributed by atoms with Gasteiger partial charge in [0.25, 0.3) is 5.91 Å². The molecule has 1 aliphatic rings. The zero-order valence-corrected chi connectivity index (χ0v) is 15.4. The summed E-state index contributed by atoms with van der Waals surface area (Å²) in [5.41, 5.74) is 1.30. The third kappa shape index (κ3) is 3.13. The van der Waals surface area contributed by atoms with E-state index in [2.05, 4.69) is 33.4 Å². The molecular formula is C19H20BrNO3. The summed E-state index contributed by atoms with van der Waals surface area (Å²) < 4.78 is 11.6. The Hall–Kier alpha value is -2.01. The van der Waals surface area contributed by atoms with Crippen molar-refractivity contribution in [3.05, 3.63) is 58.1 Å². The SMILES string of the molecule is COc1ccc(OC)c(C(=O)NC2(c3cccc(Br)c3)CCC2)c1. The van der Waals surface area contributed by atoms with E-state index in [1.54, 1.807) is 32.4 Å². The first-order valence-corrected chi connectivity index (χ1v) is 8.68. The highest BCUT2D eigenvalue weighted by Gasteiger charge is 2.40. The number of carbonyl (C=O) groups is 1. The van der Waals surface area contributed by atoms with Crippen LogP contribution in [0.15, 0.2) is 46.9 Å². The van der Waals surface area contributed by atoms with Crippen LogP contribution in [-0.2, 0) is 5.54 Å². The van der Waals surface area contributed by atoms with E-state index in [4.69, 9.17) is 9.47 Å². The Morgan fingerprint density at radius 1 is 1.12 bits per heavy atom. The van der Waals surface area contributed by atoms with Gasteiger partial charge in [-0.15, -0.1) is 0 Å². The molecule has 24 heavy (non-hydrogen) atoms. The molecule has 3 rings (SSSR count). The second-order valence-corrected chi connectivity index (χ2v) is 6.88. The predicted molar refractivity (Wildman–Crippen MR) is 96.7 cm³/mol. The number of amides is 1. The summed E-state index contributed by atoms with van der Waals surface area (Å²) in [5, 5.41) is 3.22. The van der Waals surface area contributed by atoms with Gasteiger partial charge in [-0.2, -0.15) is 0 Å². The highest BCUT2D eigenvalue weighted by atomic mass is 79.9. The number of rotatable bonds is 5. The van der Waals surface area contributed by atoms with Crippen molar-refractivity contribution in [2.24, 2.45) is 0 Å². The van der Waals surface area contributed by atoms with Gasteiger partial charge in [-0.1, -0.05) is 28.1 Å². The highest BCUT2D eigenvalue weighted by molar-refractivity contribution is 9.10. The van der Waals surface area contributed by atoms with Crippen LogP contribution in [-0.4, -0.2) is 20.1 Å². The molecule has 0 radical (unpaired) electrons. The summed E-state index contributed by atoms with van der Waals surface area (Å²) >= 11 is 3.51. The first kappa shape index (κ1) is 16.8.